The van der Waals surface area contributed by atoms with Crippen molar-refractivity contribution in [3.8, 4) is 5.75 Å². The summed E-state index contributed by atoms with van der Waals surface area (Å²) in [6, 6.07) is 2.98. The Morgan fingerprint density at radius 3 is 2.65 bits per heavy atom. The second-order valence-corrected chi connectivity index (χ2v) is 5.40. The van der Waals surface area contributed by atoms with Gasteiger partial charge in [0.2, 0.25) is 0 Å². The van der Waals surface area contributed by atoms with Crippen LogP contribution in [0.3, 0.4) is 0 Å². The standard InChI is InChI=1S/C13H15N3O4/c1-6(17)18-12-11(14)7-4-8-9(16-20-15-8)5-10(7)19-13(12,2)3/h4-5,11-12H,14H2,1-3H3. The molecule has 2 heterocycles. The Hall–Kier alpha value is -2.15. The highest BCUT2D eigenvalue weighted by atomic mass is 16.6. The van der Waals surface area contributed by atoms with Crippen LogP contribution >= 0.6 is 0 Å². The first-order valence-electron chi connectivity index (χ1n) is 6.26. The summed E-state index contributed by atoms with van der Waals surface area (Å²) in [7, 11) is 0. The van der Waals surface area contributed by atoms with E-state index in [0.717, 1.165) is 5.56 Å². The lowest BCUT2D eigenvalue weighted by Gasteiger charge is -2.42. The number of benzene rings is 1. The van der Waals surface area contributed by atoms with Crippen molar-refractivity contribution in [3.05, 3.63) is 17.7 Å². The predicted molar refractivity (Wildman–Crippen MR) is 69.0 cm³/mol. The normalized spacial score (nSPS) is 24.0. The third-order valence-electron chi connectivity index (χ3n) is 3.42. The number of fused-ring (bicyclic) bond motifs is 2. The molecule has 0 spiro atoms. The minimum Gasteiger partial charge on any atom is -0.483 e. The van der Waals surface area contributed by atoms with Gasteiger partial charge in [-0.3, -0.25) is 4.79 Å². The molecule has 0 bridgehead atoms. The molecule has 3 rings (SSSR count). The fraction of sp³-hybridized carbons (Fsp3) is 0.462. The third kappa shape index (κ3) is 1.90. The van der Waals surface area contributed by atoms with Gasteiger partial charge in [0.1, 0.15) is 22.4 Å². The molecule has 1 aromatic carbocycles. The van der Waals surface area contributed by atoms with Crippen molar-refractivity contribution < 1.29 is 18.9 Å². The predicted octanol–water partition coefficient (Wildman–Crippen LogP) is 1.33. The fourth-order valence-electron chi connectivity index (χ4n) is 2.51. The molecule has 0 fully saturated rings. The molecule has 7 nitrogen and oxygen atoms in total. The Balaban J connectivity index is 2.10. The molecule has 0 aliphatic carbocycles. The lowest BCUT2D eigenvalue weighted by atomic mass is 9.86. The van der Waals surface area contributed by atoms with Crippen molar-refractivity contribution in [1.82, 2.24) is 10.3 Å². The highest BCUT2D eigenvalue weighted by Crippen LogP contribution is 2.41. The van der Waals surface area contributed by atoms with E-state index in [1.165, 1.54) is 6.92 Å². The van der Waals surface area contributed by atoms with E-state index in [4.69, 9.17) is 15.2 Å². The summed E-state index contributed by atoms with van der Waals surface area (Å²) in [5.41, 5.74) is 7.41. The summed E-state index contributed by atoms with van der Waals surface area (Å²) in [6.45, 7) is 5.01. The number of esters is 1. The largest absolute Gasteiger partial charge is 0.483 e. The molecule has 2 atom stereocenters. The monoisotopic (exact) mass is 277 g/mol. The zero-order valence-corrected chi connectivity index (χ0v) is 11.4. The van der Waals surface area contributed by atoms with Gasteiger partial charge in [-0.25, -0.2) is 4.63 Å². The van der Waals surface area contributed by atoms with Crippen LogP contribution in [-0.4, -0.2) is 28.0 Å². The molecule has 0 saturated carbocycles. The van der Waals surface area contributed by atoms with Crippen LogP contribution in [-0.2, 0) is 9.53 Å². The van der Waals surface area contributed by atoms with Gasteiger partial charge in [0, 0.05) is 18.6 Å². The number of hydrogen-bond acceptors (Lipinski definition) is 7. The molecule has 2 aromatic rings. The Bertz CT molecular complexity index is 679. The van der Waals surface area contributed by atoms with Gasteiger partial charge in [-0.15, -0.1) is 0 Å². The first-order chi connectivity index (χ1) is 9.38. The van der Waals surface area contributed by atoms with E-state index >= 15 is 0 Å². The van der Waals surface area contributed by atoms with E-state index < -0.39 is 23.7 Å². The van der Waals surface area contributed by atoms with Crippen LogP contribution in [0.2, 0.25) is 0 Å². The quantitative estimate of drug-likeness (QED) is 0.784. The minimum atomic E-state index is -0.733. The molecule has 0 amide bonds. The first-order valence-corrected chi connectivity index (χ1v) is 6.26. The maximum atomic E-state index is 11.3. The highest BCUT2D eigenvalue weighted by Gasteiger charge is 2.45. The topological polar surface area (TPSA) is 100 Å². The average molecular weight is 277 g/mol. The van der Waals surface area contributed by atoms with E-state index in [2.05, 4.69) is 14.9 Å². The zero-order chi connectivity index (χ0) is 14.5. The van der Waals surface area contributed by atoms with E-state index in [-0.39, 0.29) is 0 Å². The van der Waals surface area contributed by atoms with Crippen LogP contribution in [0.5, 0.6) is 5.75 Å². The molecule has 106 valence electrons. The fourth-order valence-corrected chi connectivity index (χ4v) is 2.51. The van der Waals surface area contributed by atoms with Gasteiger partial charge in [-0.05, 0) is 30.2 Å². The van der Waals surface area contributed by atoms with E-state index in [1.54, 1.807) is 12.1 Å². The van der Waals surface area contributed by atoms with Crippen molar-refractivity contribution in [3.63, 3.8) is 0 Å². The Morgan fingerprint density at radius 1 is 1.35 bits per heavy atom. The second-order valence-electron chi connectivity index (χ2n) is 5.40. The smallest absolute Gasteiger partial charge is 0.303 e. The van der Waals surface area contributed by atoms with Crippen LogP contribution < -0.4 is 10.5 Å². The van der Waals surface area contributed by atoms with Crippen LogP contribution in [0.4, 0.5) is 0 Å². The van der Waals surface area contributed by atoms with E-state index in [9.17, 15) is 4.79 Å². The molecule has 1 aliphatic heterocycles. The lowest BCUT2D eigenvalue weighted by molar-refractivity contribution is -0.161. The molecule has 7 heteroatoms. The molecular formula is C13H15N3O4. The molecule has 20 heavy (non-hydrogen) atoms. The van der Waals surface area contributed by atoms with Crippen molar-refractivity contribution in [2.75, 3.05) is 0 Å². The van der Waals surface area contributed by atoms with E-state index in [0.29, 0.717) is 16.8 Å². The first kappa shape index (κ1) is 12.9. The number of aromatic nitrogens is 2. The van der Waals surface area contributed by atoms with Crippen LogP contribution in [0.25, 0.3) is 11.0 Å². The van der Waals surface area contributed by atoms with Gasteiger partial charge in [-0.1, -0.05) is 0 Å². The van der Waals surface area contributed by atoms with Gasteiger partial charge in [0.05, 0.1) is 6.04 Å². The molecule has 1 aliphatic rings. The molecule has 0 saturated heterocycles. The molecular weight excluding hydrogens is 262 g/mol. The second kappa shape index (κ2) is 4.17. The average Bonchev–Trinajstić information content (AvgIpc) is 2.79. The summed E-state index contributed by atoms with van der Waals surface area (Å²) in [6.07, 6.45) is -0.579. The van der Waals surface area contributed by atoms with Crippen molar-refractivity contribution >= 4 is 17.0 Å². The summed E-state index contributed by atoms with van der Waals surface area (Å²) >= 11 is 0. The molecule has 2 unspecified atom stereocenters. The Labute approximate surface area is 115 Å². The van der Waals surface area contributed by atoms with Crippen molar-refractivity contribution in [2.45, 2.75) is 38.5 Å². The zero-order valence-electron chi connectivity index (χ0n) is 11.4. The maximum Gasteiger partial charge on any atom is 0.303 e. The molecule has 0 radical (unpaired) electrons. The SMILES string of the molecule is CC(=O)OC1C(N)c2cc3nonc3cc2OC1(C)C. The number of carbonyl (C=O) groups excluding carboxylic acids is 1. The maximum absolute atomic E-state index is 11.3. The number of carbonyl (C=O) groups is 1. The Morgan fingerprint density at radius 2 is 2.00 bits per heavy atom. The minimum absolute atomic E-state index is 0.394. The summed E-state index contributed by atoms with van der Waals surface area (Å²) in [4.78, 5) is 11.3. The summed E-state index contributed by atoms with van der Waals surface area (Å²) < 4.78 is 15.9. The summed E-state index contributed by atoms with van der Waals surface area (Å²) in [5, 5.41) is 7.55. The van der Waals surface area contributed by atoms with Gasteiger partial charge < -0.3 is 15.2 Å². The van der Waals surface area contributed by atoms with Crippen LogP contribution in [0.1, 0.15) is 32.4 Å². The highest BCUT2D eigenvalue weighted by molar-refractivity contribution is 5.77. The van der Waals surface area contributed by atoms with Crippen molar-refractivity contribution in [2.24, 2.45) is 5.73 Å². The van der Waals surface area contributed by atoms with Gasteiger partial charge in [0.25, 0.3) is 0 Å². The van der Waals surface area contributed by atoms with Gasteiger partial charge in [0.15, 0.2) is 6.10 Å². The number of hydrogen-bond donors (Lipinski definition) is 1. The van der Waals surface area contributed by atoms with Crippen LogP contribution in [0.15, 0.2) is 16.8 Å². The lowest BCUT2D eigenvalue weighted by Crippen LogP contribution is -2.53. The number of nitrogens with two attached hydrogens (primary N) is 1. The van der Waals surface area contributed by atoms with Crippen molar-refractivity contribution in [1.29, 1.82) is 0 Å². The molecule has 1 aromatic heterocycles. The molecule has 2 N–H and O–H groups in total. The van der Waals surface area contributed by atoms with Crippen LogP contribution in [0, 0.1) is 0 Å². The Kier molecular flexibility index (Phi) is 2.68. The summed E-state index contributed by atoms with van der Waals surface area (Å²) in [5.74, 6) is 0.212. The number of rotatable bonds is 1. The van der Waals surface area contributed by atoms with Gasteiger partial charge in [-0.2, -0.15) is 0 Å². The van der Waals surface area contributed by atoms with Gasteiger partial charge >= 0.3 is 5.97 Å². The van der Waals surface area contributed by atoms with E-state index in [1.807, 2.05) is 13.8 Å². The third-order valence-corrected chi connectivity index (χ3v) is 3.42. The number of ether oxygens (including phenoxy) is 2. The number of nitrogens with zero attached hydrogens (tertiary/aromatic N) is 2.